The number of aryl methyl sites for hydroxylation is 1. The quantitative estimate of drug-likeness (QED) is 0.781. The van der Waals surface area contributed by atoms with Crippen molar-refractivity contribution in [1.29, 1.82) is 0 Å². The van der Waals surface area contributed by atoms with Crippen LogP contribution in [0.2, 0.25) is 0 Å². The molecule has 0 N–H and O–H groups in total. The van der Waals surface area contributed by atoms with Crippen LogP contribution in [0.25, 0.3) is 0 Å². The first-order chi connectivity index (χ1) is 12.4. The lowest BCUT2D eigenvalue weighted by Crippen LogP contribution is -2.36. The fraction of sp³-hybridized carbons (Fsp3) is 0.381. The molecule has 0 amide bonds. The van der Waals surface area contributed by atoms with Gasteiger partial charge >= 0.3 is 5.97 Å². The number of piperidine rings is 1. The van der Waals surface area contributed by atoms with Gasteiger partial charge < -0.3 is 4.74 Å². The number of ether oxygens (including phenoxy) is 1. The Morgan fingerprint density at radius 1 is 1.19 bits per heavy atom. The molecular weight excluding hydrogens is 336 g/mol. The predicted molar refractivity (Wildman–Crippen MR) is 93.7 cm³/mol. The summed E-state index contributed by atoms with van der Waals surface area (Å²) in [7, 11) is 1.30. The molecule has 0 radical (unpaired) electrons. The molecule has 2 aliphatic rings. The molecule has 0 spiro atoms. The molecule has 2 aromatic carbocycles. The Hall–Kier alpha value is -2.27. The topological polar surface area (TPSA) is 29.5 Å². The molecule has 136 valence electrons. The number of fused-ring (bicyclic) bond motifs is 1. The van der Waals surface area contributed by atoms with E-state index >= 15 is 0 Å². The fourth-order valence-corrected chi connectivity index (χ4v) is 4.39. The Morgan fingerprint density at radius 2 is 1.85 bits per heavy atom. The molecule has 1 heterocycles. The molecule has 1 saturated carbocycles. The summed E-state index contributed by atoms with van der Waals surface area (Å²) in [6.45, 7) is 3.45. The number of carbonyl (C=O) groups excluding carboxylic acids is 1. The highest BCUT2D eigenvalue weighted by Crippen LogP contribution is 2.60. The van der Waals surface area contributed by atoms with Crippen molar-refractivity contribution in [2.75, 3.05) is 20.2 Å². The molecule has 4 rings (SSSR count). The third-order valence-electron chi connectivity index (χ3n) is 5.79. The summed E-state index contributed by atoms with van der Waals surface area (Å²) in [5.74, 6) is -1.41. The maximum Gasteiger partial charge on any atom is 0.327 e. The first-order valence-electron chi connectivity index (χ1n) is 8.78. The van der Waals surface area contributed by atoms with Gasteiger partial charge in [-0.2, -0.15) is 0 Å². The molecule has 1 saturated heterocycles. The average molecular weight is 357 g/mol. The largest absolute Gasteiger partial charge is 0.468 e. The summed E-state index contributed by atoms with van der Waals surface area (Å²) >= 11 is 0. The number of methoxy groups -OCH3 is 1. The first-order valence-corrected chi connectivity index (χ1v) is 8.78. The second-order valence-electron chi connectivity index (χ2n) is 7.48. The highest BCUT2D eigenvalue weighted by atomic mass is 19.1. The van der Waals surface area contributed by atoms with Crippen LogP contribution in [-0.4, -0.2) is 31.1 Å². The molecule has 0 bridgehead atoms. The van der Waals surface area contributed by atoms with Gasteiger partial charge in [0.1, 0.15) is 17.7 Å². The number of halogens is 2. The number of likely N-dealkylation sites (tertiary alicyclic amines) is 1. The van der Waals surface area contributed by atoms with Crippen molar-refractivity contribution < 1.29 is 18.3 Å². The summed E-state index contributed by atoms with van der Waals surface area (Å²) < 4.78 is 32.3. The van der Waals surface area contributed by atoms with Gasteiger partial charge in [-0.1, -0.05) is 29.8 Å². The van der Waals surface area contributed by atoms with Crippen LogP contribution in [-0.2, 0) is 14.9 Å². The van der Waals surface area contributed by atoms with Crippen LogP contribution in [0.5, 0.6) is 0 Å². The van der Waals surface area contributed by atoms with E-state index in [0.29, 0.717) is 24.6 Å². The van der Waals surface area contributed by atoms with Crippen LogP contribution in [0, 0.1) is 24.5 Å². The second kappa shape index (κ2) is 6.16. The Labute approximate surface area is 151 Å². The standard InChI is InChI=1S/C21H21F2NO2/c1-13-3-5-15(6-4-13)21-10-16(21)11-24(12-21)19(20(25)26-2)14-7-17(22)9-18(23)8-14/h3-9,16,19H,10-12H2,1-2H3. The predicted octanol–water partition coefficient (Wildman–Crippen LogP) is 3.76. The third kappa shape index (κ3) is 2.80. The van der Waals surface area contributed by atoms with Crippen molar-refractivity contribution >= 4 is 5.97 Å². The first kappa shape index (κ1) is 17.2. The van der Waals surface area contributed by atoms with Crippen LogP contribution in [0.15, 0.2) is 42.5 Å². The lowest BCUT2D eigenvalue weighted by Gasteiger charge is -2.29. The molecular formula is C21H21F2NO2. The number of hydrogen-bond donors (Lipinski definition) is 0. The maximum absolute atomic E-state index is 13.7. The normalized spacial score (nSPS) is 25.6. The molecule has 3 atom stereocenters. The van der Waals surface area contributed by atoms with Gasteiger partial charge in [-0.05, 0) is 42.5 Å². The van der Waals surface area contributed by atoms with Gasteiger partial charge in [0.15, 0.2) is 0 Å². The van der Waals surface area contributed by atoms with E-state index in [9.17, 15) is 13.6 Å². The number of benzene rings is 2. The molecule has 26 heavy (non-hydrogen) atoms. The van der Waals surface area contributed by atoms with Crippen molar-refractivity contribution in [3.05, 3.63) is 70.8 Å². The Bertz CT molecular complexity index is 831. The SMILES string of the molecule is COC(=O)C(c1cc(F)cc(F)c1)N1CC2CC2(c2ccc(C)cc2)C1. The van der Waals surface area contributed by atoms with Gasteiger partial charge in [0.25, 0.3) is 0 Å². The lowest BCUT2D eigenvalue weighted by molar-refractivity contribution is -0.147. The minimum Gasteiger partial charge on any atom is -0.468 e. The highest BCUT2D eigenvalue weighted by molar-refractivity contribution is 5.77. The van der Waals surface area contributed by atoms with E-state index in [1.165, 1.54) is 30.4 Å². The zero-order valence-corrected chi connectivity index (χ0v) is 14.8. The third-order valence-corrected chi connectivity index (χ3v) is 5.79. The van der Waals surface area contributed by atoms with E-state index in [0.717, 1.165) is 12.5 Å². The molecule has 2 fully saturated rings. The van der Waals surface area contributed by atoms with Crippen LogP contribution >= 0.6 is 0 Å². The van der Waals surface area contributed by atoms with Gasteiger partial charge in [-0.25, -0.2) is 13.6 Å². The molecule has 3 unspecified atom stereocenters. The number of hydrogen-bond acceptors (Lipinski definition) is 3. The van der Waals surface area contributed by atoms with Gasteiger partial charge in [-0.15, -0.1) is 0 Å². The highest BCUT2D eigenvalue weighted by Gasteiger charge is 2.62. The number of carbonyl (C=O) groups is 1. The summed E-state index contributed by atoms with van der Waals surface area (Å²) in [6.07, 6.45) is 1.08. The molecule has 1 aliphatic carbocycles. The zero-order chi connectivity index (χ0) is 18.5. The maximum atomic E-state index is 13.7. The average Bonchev–Trinajstić information content (AvgIpc) is 3.16. The van der Waals surface area contributed by atoms with Gasteiger partial charge in [0, 0.05) is 24.6 Å². The molecule has 5 heteroatoms. The van der Waals surface area contributed by atoms with Crippen LogP contribution < -0.4 is 0 Å². The zero-order valence-electron chi connectivity index (χ0n) is 14.8. The fourth-order valence-electron chi connectivity index (χ4n) is 4.39. The van der Waals surface area contributed by atoms with E-state index in [-0.39, 0.29) is 5.41 Å². The summed E-state index contributed by atoms with van der Waals surface area (Å²) in [4.78, 5) is 14.4. The number of esters is 1. The summed E-state index contributed by atoms with van der Waals surface area (Å²) in [5.41, 5.74) is 2.81. The molecule has 2 aromatic rings. The van der Waals surface area contributed by atoms with Crippen LogP contribution in [0.1, 0.15) is 29.2 Å². The smallest absolute Gasteiger partial charge is 0.327 e. The van der Waals surface area contributed by atoms with Gasteiger partial charge in [0.2, 0.25) is 0 Å². The van der Waals surface area contributed by atoms with E-state index in [2.05, 4.69) is 31.2 Å². The van der Waals surface area contributed by atoms with Crippen molar-refractivity contribution in [2.24, 2.45) is 5.92 Å². The van der Waals surface area contributed by atoms with E-state index in [1.54, 1.807) is 0 Å². The van der Waals surface area contributed by atoms with E-state index in [1.807, 2.05) is 4.90 Å². The van der Waals surface area contributed by atoms with Gasteiger partial charge in [0.05, 0.1) is 7.11 Å². The second-order valence-corrected chi connectivity index (χ2v) is 7.48. The van der Waals surface area contributed by atoms with Crippen LogP contribution in [0.4, 0.5) is 8.78 Å². The minimum absolute atomic E-state index is 0.0336. The Kier molecular flexibility index (Phi) is 4.07. The van der Waals surface area contributed by atoms with Crippen molar-refractivity contribution in [1.82, 2.24) is 4.90 Å². The Morgan fingerprint density at radius 3 is 2.46 bits per heavy atom. The van der Waals surface area contributed by atoms with E-state index < -0.39 is 23.6 Å². The summed E-state index contributed by atoms with van der Waals surface area (Å²) in [5, 5.41) is 0. The number of nitrogens with zero attached hydrogens (tertiary/aromatic N) is 1. The Balaban J connectivity index is 1.64. The van der Waals surface area contributed by atoms with Crippen molar-refractivity contribution in [3.63, 3.8) is 0 Å². The minimum atomic E-state index is -0.791. The molecule has 0 aromatic heterocycles. The number of rotatable bonds is 4. The lowest BCUT2D eigenvalue weighted by atomic mass is 9.94. The monoisotopic (exact) mass is 357 g/mol. The van der Waals surface area contributed by atoms with Crippen molar-refractivity contribution in [2.45, 2.75) is 24.8 Å². The summed E-state index contributed by atoms with van der Waals surface area (Å²) in [6, 6.07) is 10.9. The molecule has 1 aliphatic heterocycles. The van der Waals surface area contributed by atoms with Crippen molar-refractivity contribution in [3.8, 4) is 0 Å². The van der Waals surface area contributed by atoms with Gasteiger partial charge in [-0.3, -0.25) is 4.90 Å². The van der Waals surface area contributed by atoms with E-state index in [4.69, 9.17) is 4.74 Å². The van der Waals surface area contributed by atoms with Crippen LogP contribution in [0.3, 0.4) is 0 Å². The molecule has 3 nitrogen and oxygen atoms in total.